The van der Waals surface area contributed by atoms with E-state index in [2.05, 4.69) is 15.7 Å². The highest BCUT2D eigenvalue weighted by molar-refractivity contribution is 5.96. The summed E-state index contributed by atoms with van der Waals surface area (Å²) in [6.45, 7) is 0. The highest BCUT2D eigenvalue weighted by atomic mass is 19.1. The molecule has 1 aromatic carbocycles. The lowest BCUT2D eigenvalue weighted by molar-refractivity contribution is 0.0712. The van der Waals surface area contributed by atoms with Crippen molar-refractivity contribution in [3.63, 3.8) is 0 Å². The van der Waals surface area contributed by atoms with E-state index in [4.69, 9.17) is 9.47 Å². The third kappa shape index (κ3) is 4.99. The number of halogens is 1. The molecule has 0 aliphatic heterocycles. The van der Waals surface area contributed by atoms with Crippen LogP contribution in [0.3, 0.4) is 0 Å². The average Bonchev–Trinajstić information content (AvgIpc) is 3.05. The number of hydrogen-bond donors (Lipinski definition) is 2. The zero-order valence-corrected chi connectivity index (χ0v) is 15.8. The predicted octanol–water partition coefficient (Wildman–Crippen LogP) is 2.86. The second kappa shape index (κ2) is 8.73. The summed E-state index contributed by atoms with van der Waals surface area (Å²) >= 11 is 0. The van der Waals surface area contributed by atoms with Crippen LogP contribution in [0.5, 0.6) is 5.88 Å². The zero-order chi connectivity index (χ0) is 20.1. The predicted molar refractivity (Wildman–Crippen MR) is 99.8 cm³/mol. The fourth-order valence-corrected chi connectivity index (χ4v) is 3.25. The minimum atomic E-state index is -0.600. The monoisotopic (exact) mass is 390 g/mol. The number of methoxy groups -OCH3 is 1. The van der Waals surface area contributed by atoms with Crippen LogP contribution in [0.25, 0.3) is 0 Å². The molecule has 2 aromatic rings. The molecule has 0 bridgehead atoms. The van der Waals surface area contributed by atoms with Crippen LogP contribution < -0.4 is 15.4 Å². The molecule has 28 heavy (non-hydrogen) atoms. The number of amides is 2. The Hall–Kier alpha value is -3.10. The molecule has 8 nitrogen and oxygen atoms in total. The van der Waals surface area contributed by atoms with Crippen LogP contribution in [-0.2, 0) is 11.8 Å². The van der Waals surface area contributed by atoms with Gasteiger partial charge in [0.25, 0.3) is 5.91 Å². The summed E-state index contributed by atoms with van der Waals surface area (Å²) in [5.74, 6) is -0.385. The van der Waals surface area contributed by atoms with Crippen LogP contribution in [0.4, 0.5) is 14.9 Å². The van der Waals surface area contributed by atoms with E-state index in [-0.39, 0.29) is 29.8 Å². The summed E-state index contributed by atoms with van der Waals surface area (Å²) in [7, 11) is 3.17. The first-order valence-electron chi connectivity index (χ1n) is 9.06. The highest BCUT2D eigenvalue weighted by Gasteiger charge is 2.27. The molecule has 2 amide bonds. The van der Waals surface area contributed by atoms with Gasteiger partial charge in [0, 0.05) is 31.4 Å². The standard InChI is InChI=1S/C19H23FN4O4/c1-24-11-16(18(23-24)27-2)17(25)21-14-4-3-5-15(10-14)28-19(26)22-13-8-6-12(20)7-9-13/h6-9,11,14-15H,3-5,10H2,1-2H3,(H,21,25)(H,22,26)/t14-,15+/m0/s1. The molecule has 9 heteroatoms. The van der Waals surface area contributed by atoms with Crippen molar-refractivity contribution in [2.24, 2.45) is 7.05 Å². The Kier molecular flexibility index (Phi) is 6.13. The molecule has 1 heterocycles. The van der Waals surface area contributed by atoms with Crippen LogP contribution in [0, 0.1) is 5.82 Å². The first kappa shape index (κ1) is 19.7. The number of carbonyl (C=O) groups is 2. The summed E-state index contributed by atoms with van der Waals surface area (Å²) in [5.41, 5.74) is 0.817. The highest BCUT2D eigenvalue weighted by Crippen LogP contribution is 2.23. The number of hydrogen-bond acceptors (Lipinski definition) is 5. The van der Waals surface area contributed by atoms with Crippen molar-refractivity contribution in [3.8, 4) is 5.88 Å². The summed E-state index contributed by atoms with van der Waals surface area (Å²) < 4.78 is 25.0. The number of nitrogens with zero attached hydrogens (tertiary/aromatic N) is 2. The van der Waals surface area contributed by atoms with Gasteiger partial charge < -0.3 is 14.8 Å². The van der Waals surface area contributed by atoms with Gasteiger partial charge in [-0.1, -0.05) is 0 Å². The van der Waals surface area contributed by atoms with Crippen LogP contribution in [0.15, 0.2) is 30.5 Å². The van der Waals surface area contributed by atoms with Crippen molar-refractivity contribution in [1.29, 1.82) is 0 Å². The van der Waals surface area contributed by atoms with E-state index in [1.807, 2.05) is 0 Å². The summed E-state index contributed by atoms with van der Waals surface area (Å²) in [6.07, 6.45) is 3.55. The fourth-order valence-electron chi connectivity index (χ4n) is 3.25. The Morgan fingerprint density at radius 1 is 1.25 bits per heavy atom. The minimum absolute atomic E-state index is 0.116. The maximum Gasteiger partial charge on any atom is 0.411 e. The lowest BCUT2D eigenvalue weighted by atomic mass is 9.92. The molecule has 1 aliphatic carbocycles. The molecule has 1 aromatic heterocycles. The fraction of sp³-hybridized carbons (Fsp3) is 0.421. The summed E-state index contributed by atoms with van der Waals surface area (Å²) in [5, 5.41) is 9.61. The number of ether oxygens (including phenoxy) is 2. The molecule has 0 radical (unpaired) electrons. The topological polar surface area (TPSA) is 94.5 Å². The van der Waals surface area contributed by atoms with E-state index in [1.165, 1.54) is 36.1 Å². The lowest BCUT2D eigenvalue weighted by Crippen LogP contribution is -2.41. The maximum atomic E-state index is 12.9. The molecule has 0 unspecified atom stereocenters. The Morgan fingerprint density at radius 3 is 2.71 bits per heavy atom. The van der Waals surface area contributed by atoms with Gasteiger partial charge in [-0.3, -0.25) is 14.8 Å². The number of aryl methyl sites for hydroxylation is 1. The van der Waals surface area contributed by atoms with Crippen molar-refractivity contribution in [2.45, 2.75) is 37.8 Å². The van der Waals surface area contributed by atoms with Crippen molar-refractivity contribution >= 4 is 17.7 Å². The van der Waals surface area contributed by atoms with Crippen molar-refractivity contribution in [3.05, 3.63) is 41.8 Å². The molecule has 1 aliphatic rings. The number of aromatic nitrogens is 2. The number of rotatable bonds is 5. The van der Waals surface area contributed by atoms with E-state index >= 15 is 0 Å². The molecule has 1 saturated carbocycles. The van der Waals surface area contributed by atoms with Gasteiger partial charge in [-0.25, -0.2) is 9.18 Å². The second-order valence-electron chi connectivity index (χ2n) is 6.72. The van der Waals surface area contributed by atoms with Gasteiger partial charge in [0.2, 0.25) is 5.88 Å². The molecule has 3 rings (SSSR count). The van der Waals surface area contributed by atoms with Crippen molar-refractivity contribution in [2.75, 3.05) is 12.4 Å². The van der Waals surface area contributed by atoms with Gasteiger partial charge >= 0.3 is 6.09 Å². The number of nitrogens with one attached hydrogen (secondary N) is 2. The normalized spacial score (nSPS) is 19.0. The van der Waals surface area contributed by atoms with Gasteiger partial charge in [-0.05, 0) is 43.5 Å². The van der Waals surface area contributed by atoms with E-state index < -0.39 is 6.09 Å². The molecule has 150 valence electrons. The molecular weight excluding hydrogens is 367 g/mol. The first-order chi connectivity index (χ1) is 13.4. The Labute approximate surface area is 162 Å². The number of carbonyl (C=O) groups excluding carboxylic acids is 2. The van der Waals surface area contributed by atoms with Crippen LogP contribution in [-0.4, -0.2) is 41.0 Å². The summed E-state index contributed by atoms with van der Waals surface area (Å²) in [4.78, 5) is 24.6. The lowest BCUT2D eigenvalue weighted by Gasteiger charge is -2.29. The summed E-state index contributed by atoms with van der Waals surface area (Å²) in [6, 6.07) is 5.32. The largest absolute Gasteiger partial charge is 0.479 e. The first-order valence-corrected chi connectivity index (χ1v) is 9.06. The quantitative estimate of drug-likeness (QED) is 0.819. The van der Waals surface area contributed by atoms with Gasteiger partial charge in [-0.2, -0.15) is 0 Å². The zero-order valence-electron chi connectivity index (χ0n) is 15.8. The van der Waals surface area contributed by atoms with E-state index in [0.29, 0.717) is 17.7 Å². The van der Waals surface area contributed by atoms with E-state index in [9.17, 15) is 14.0 Å². The Bertz CT molecular complexity index is 837. The van der Waals surface area contributed by atoms with Crippen LogP contribution in [0.2, 0.25) is 0 Å². The molecule has 2 atom stereocenters. The second-order valence-corrected chi connectivity index (χ2v) is 6.72. The average molecular weight is 390 g/mol. The van der Waals surface area contributed by atoms with Gasteiger partial charge in [0.1, 0.15) is 17.5 Å². The third-order valence-electron chi connectivity index (χ3n) is 4.56. The molecule has 1 fully saturated rings. The molecule has 0 saturated heterocycles. The van der Waals surface area contributed by atoms with Gasteiger partial charge in [0.05, 0.1) is 7.11 Å². The van der Waals surface area contributed by atoms with Crippen molar-refractivity contribution in [1.82, 2.24) is 15.1 Å². The van der Waals surface area contributed by atoms with Crippen molar-refractivity contribution < 1.29 is 23.5 Å². The molecular formula is C19H23FN4O4. The van der Waals surface area contributed by atoms with E-state index in [1.54, 1.807) is 13.2 Å². The minimum Gasteiger partial charge on any atom is -0.479 e. The molecule has 0 spiro atoms. The smallest absolute Gasteiger partial charge is 0.411 e. The third-order valence-corrected chi connectivity index (χ3v) is 4.56. The van der Waals surface area contributed by atoms with Crippen LogP contribution >= 0.6 is 0 Å². The van der Waals surface area contributed by atoms with Gasteiger partial charge in [0.15, 0.2) is 0 Å². The number of benzene rings is 1. The molecule has 2 N–H and O–H groups in total. The SMILES string of the molecule is COc1nn(C)cc1C(=O)N[C@H]1CCC[C@@H](OC(=O)Nc2ccc(F)cc2)C1. The maximum absolute atomic E-state index is 12.9. The Morgan fingerprint density at radius 2 is 2.00 bits per heavy atom. The number of anilines is 1. The van der Waals surface area contributed by atoms with Crippen LogP contribution in [0.1, 0.15) is 36.0 Å². The van der Waals surface area contributed by atoms with E-state index in [0.717, 1.165) is 19.3 Å². The van der Waals surface area contributed by atoms with Gasteiger partial charge in [-0.15, -0.1) is 5.10 Å². The Balaban J connectivity index is 1.52.